The fraction of sp³-hybridized carbons (Fsp3) is 0.667. The lowest BCUT2D eigenvalue weighted by Crippen LogP contribution is -2.51. The molecule has 0 bridgehead atoms. The van der Waals surface area contributed by atoms with E-state index in [9.17, 15) is 4.79 Å². The van der Waals surface area contributed by atoms with Gasteiger partial charge < -0.3 is 15.0 Å². The van der Waals surface area contributed by atoms with Gasteiger partial charge in [0, 0.05) is 25.2 Å². The van der Waals surface area contributed by atoms with Gasteiger partial charge in [-0.1, -0.05) is 5.16 Å². The molecule has 0 spiro atoms. The topological polar surface area (TPSA) is 93.6 Å². The molecule has 0 aliphatic carbocycles. The Hall–Kier alpha value is -1.44. The average molecular weight is 268 g/mol. The molecule has 1 fully saturated rings. The number of nitrogens with two attached hydrogens (primary N) is 1. The molecule has 1 saturated heterocycles. The molecule has 1 aliphatic heterocycles. The van der Waals surface area contributed by atoms with Crippen molar-refractivity contribution in [3.63, 3.8) is 0 Å². The smallest absolute Gasteiger partial charge is 0.240 e. The molecular formula is C12H20N4O3. The van der Waals surface area contributed by atoms with Crippen LogP contribution in [-0.4, -0.2) is 54.4 Å². The highest BCUT2D eigenvalue weighted by Crippen LogP contribution is 2.10. The van der Waals surface area contributed by atoms with Gasteiger partial charge >= 0.3 is 0 Å². The third kappa shape index (κ3) is 4.02. The molecule has 2 rings (SSSR count). The number of morpholine rings is 1. The van der Waals surface area contributed by atoms with Crippen LogP contribution in [0, 0.1) is 6.92 Å². The summed E-state index contributed by atoms with van der Waals surface area (Å²) in [5.41, 5.74) is 6.55. The van der Waals surface area contributed by atoms with Gasteiger partial charge in [0.1, 0.15) is 0 Å². The lowest BCUT2D eigenvalue weighted by atomic mass is 10.1. The van der Waals surface area contributed by atoms with Crippen LogP contribution in [-0.2, 0) is 9.53 Å². The Bertz CT molecular complexity index is 432. The number of amides is 1. The number of carbonyl (C=O) groups excluding carboxylic acids is 1. The summed E-state index contributed by atoms with van der Waals surface area (Å²) in [7, 11) is 0. The summed E-state index contributed by atoms with van der Waals surface area (Å²) < 4.78 is 10.5. The summed E-state index contributed by atoms with van der Waals surface area (Å²) >= 11 is 0. The summed E-state index contributed by atoms with van der Waals surface area (Å²) in [6.45, 7) is 6.00. The summed E-state index contributed by atoms with van der Waals surface area (Å²) in [6.07, 6.45) is -0.0194. The van der Waals surface area contributed by atoms with Crippen molar-refractivity contribution >= 4 is 11.8 Å². The Morgan fingerprint density at radius 2 is 2.53 bits per heavy atom. The minimum absolute atomic E-state index is 0.0194. The van der Waals surface area contributed by atoms with E-state index in [1.54, 1.807) is 13.0 Å². The van der Waals surface area contributed by atoms with E-state index in [0.717, 1.165) is 12.2 Å². The van der Waals surface area contributed by atoms with Crippen molar-refractivity contribution in [2.75, 3.05) is 31.6 Å². The summed E-state index contributed by atoms with van der Waals surface area (Å²) in [5.74, 6) is 0.251. The third-order valence-electron chi connectivity index (χ3n) is 3.02. The molecule has 7 nitrogen and oxygen atoms in total. The van der Waals surface area contributed by atoms with Crippen molar-refractivity contribution in [1.29, 1.82) is 0 Å². The first-order chi connectivity index (χ1) is 9.04. The van der Waals surface area contributed by atoms with Crippen LogP contribution in [0.15, 0.2) is 10.6 Å². The van der Waals surface area contributed by atoms with E-state index in [2.05, 4.69) is 10.5 Å². The standard InChI is InChI=1S/C12H20N4O3/c1-8-5-12(19-15-8)14-11(17)7-16-3-4-18-10(6-16)9(2)13/h5,9-10H,3-4,6-7,13H2,1-2H3,(H,14,17). The number of rotatable bonds is 4. The minimum atomic E-state index is -0.124. The van der Waals surface area contributed by atoms with E-state index in [0.29, 0.717) is 25.6 Å². The maximum absolute atomic E-state index is 11.9. The predicted molar refractivity (Wildman–Crippen MR) is 69.7 cm³/mol. The fourth-order valence-electron chi connectivity index (χ4n) is 2.00. The monoisotopic (exact) mass is 268 g/mol. The Balaban J connectivity index is 1.81. The number of aryl methyl sites for hydroxylation is 1. The molecule has 0 radical (unpaired) electrons. The molecule has 1 aliphatic rings. The molecule has 1 aromatic rings. The second kappa shape index (κ2) is 6.14. The quantitative estimate of drug-likeness (QED) is 0.796. The maximum atomic E-state index is 11.9. The lowest BCUT2D eigenvalue weighted by Gasteiger charge is -2.34. The van der Waals surface area contributed by atoms with Crippen molar-refractivity contribution in [2.45, 2.75) is 26.0 Å². The molecule has 1 amide bonds. The number of hydrogen-bond donors (Lipinski definition) is 2. The van der Waals surface area contributed by atoms with Gasteiger partial charge in [-0.05, 0) is 13.8 Å². The van der Waals surface area contributed by atoms with Crippen LogP contribution in [0.4, 0.5) is 5.88 Å². The molecule has 3 N–H and O–H groups in total. The molecule has 19 heavy (non-hydrogen) atoms. The Kier molecular flexibility index (Phi) is 4.52. The number of hydrogen-bond acceptors (Lipinski definition) is 6. The molecule has 7 heteroatoms. The van der Waals surface area contributed by atoms with Crippen LogP contribution in [0.3, 0.4) is 0 Å². The van der Waals surface area contributed by atoms with Crippen LogP contribution in [0.1, 0.15) is 12.6 Å². The van der Waals surface area contributed by atoms with Crippen molar-refractivity contribution in [3.05, 3.63) is 11.8 Å². The zero-order valence-electron chi connectivity index (χ0n) is 11.3. The average Bonchev–Trinajstić information content (AvgIpc) is 2.74. The summed E-state index contributed by atoms with van der Waals surface area (Å²) in [5, 5.41) is 6.38. The molecule has 2 unspecified atom stereocenters. The van der Waals surface area contributed by atoms with Gasteiger partial charge in [0.15, 0.2) is 0 Å². The van der Waals surface area contributed by atoms with Crippen molar-refractivity contribution < 1.29 is 14.1 Å². The molecular weight excluding hydrogens is 248 g/mol. The van der Waals surface area contributed by atoms with Crippen LogP contribution in [0.25, 0.3) is 0 Å². The first kappa shape index (κ1) is 14.0. The van der Waals surface area contributed by atoms with E-state index in [-0.39, 0.29) is 18.1 Å². The van der Waals surface area contributed by atoms with Crippen molar-refractivity contribution in [3.8, 4) is 0 Å². The molecule has 2 heterocycles. The minimum Gasteiger partial charge on any atom is -0.374 e. The highest BCUT2D eigenvalue weighted by atomic mass is 16.5. The van der Waals surface area contributed by atoms with Crippen molar-refractivity contribution in [1.82, 2.24) is 10.1 Å². The van der Waals surface area contributed by atoms with E-state index in [1.165, 1.54) is 0 Å². The van der Waals surface area contributed by atoms with E-state index < -0.39 is 0 Å². The zero-order chi connectivity index (χ0) is 13.8. The van der Waals surface area contributed by atoms with E-state index in [4.69, 9.17) is 15.0 Å². The third-order valence-corrected chi connectivity index (χ3v) is 3.02. The first-order valence-corrected chi connectivity index (χ1v) is 6.37. The number of carbonyl (C=O) groups is 1. The van der Waals surface area contributed by atoms with E-state index in [1.807, 2.05) is 11.8 Å². The Labute approximate surface area is 112 Å². The molecule has 0 aromatic carbocycles. The van der Waals surface area contributed by atoms with Crippen LogP contribution in [0.2, 0.25) is 0 Å². The van der Waals surface area contributed by atoms with Gasteiger partial charge in [-0.2, -0.15) is 0 Å². The summed E-state index contributed by atoms with van der Waals surface area (Å²) in [4.78, 5) is 13.9. The van der Waals surface area contributed by atoms with Gasteiger partial charge in [0.05, 0.1) is 24.9 Å². The maximum Gasteiger partial charge on any atom is 0.240 e. The highest BCUT2D eigenvalue weighted by Gasteiger charge is 2.24. The van der Waals surface area contributed by atoms with Gasteiger partial charge in [0.2, 0.25) is 11.8 Å². The number of nitrogens with zero attached hydrogens (tertiary/aromatic N) is 2. The second-order valence-corrected chi connectivity index (χ2v) is 4.88. The second-order valence-electron chi connectivity index (χ2n) is 4.88. The molecule has 1 aromatic heterocycles. The lowest BCUT2D eigenvalue weighted by molar-refractivity contribution is -0.119. The largest absolute Gasteiger partial charge is 0.374 e. The molecule has 106 valence electrons. The first-order valence-electron chi connectivity index (χ1n) is 6.37. The Morgan fingerprint density at radius 3 is 3.16 bits per heavy atom. The van der Waals surface area contributed by atoms with Gasteiger partial charge in [-0.15, -0.1) is 0 Å². The van der Waals surface area contributed by atoms with Crippen LogP contribution in [0.5, 0.6) is 0 Å². The van der Waals surface area contributed by atoms with Crippen LogP contribution < -0.4 is 11.1 Å². The number of anilines is 1. The Morgan fingerprint density at radius 1 is 1.74 bits per heavy atom. The molecule has 0 saturated carbocycles. The van der Waals surface area contributed by atoms with Crippen LogP contribution >= 0.6 is 0 Å². The zero-order valence-corrected chi connectivity index (χ0v) is 11.3. The van der Waals surface area contributed by atoms with Crippen molar-refractivity contribution in [2.24, 2.45) is 5.73 Å². The van der Waals surface area contributed by atoms with Gasteiger partial charge in [-0.3, -0.25) is 15.0 Å². The number of nitrogens with one attached hydrogen (secondary N) is 1. The highest BCUT2D eigenvalue weighted by molar-refractivity contribution is 5.90. The van der Waals surface area contributed by atoms with Gasteiger partial charge in [0.25, 0.3) is 0 Å². The predicted octanol–water partition coefficient (Wildman–Crippen LogP) is -0.0305. The normalized spacial score (nSPS) is 22.2. The number of aromatic nitrogens is 1. The SMILES string of the molecule is Cc1cc(NC(=O)CN2CCOC(C(C)N)C2)on1. The molecule has 2 atom stereocenters. The fourth-order valence-corrected chi connectivity index (χ4v) is 2.00. The summed E-state index contributed by atoms with van der Waals surface area (Å²) in [6, 6.07) is 1.64. The van der Waals surface area contributed by atoms with E-state index >= 15 is 0 Å². The number of ether oxygens (including phenoxy) is 1. The van der Waals surface area contributed by atoms with Gasteiger partial charge in [-0.25, -0.2) is 0 Å².